The number of benzene rings is 2. The largest absolute Gasteiger partial charge is 0.325 e. The van der Waals surface area contributed by atoms with E-state index in [1.807, 2.05) is 4.68 Å². The Balaban J connectivity index is 1.98. The van der Waals surface area contributed by atoms with E-state index >= 15 is 0 Å². The third kappa shape index (κ3) is 1.72. The molecular weight excluding hydrogens is 248 g/mol. The van der Waals surface area contributed by atoms with Crippen molar-refractivity contribution in [2.75, 3.05) is 0 Å². The van der Waals surface area contributed by atoms with Crippen molar-refractivity contribution in [3.63, 3.8) is 0 Å². The van der Waals surface area contributed by atoms with Gasteiger partial charge >= 0.3 is 0 Å². The molecule has 3 aromatic rings. The highest BCUT2D eigenvalue weighted by molar-refractivity contribution is 5.90. The molecule has 0 bridgehead atoms. The van der Waals surface area contributed by atoms with Crippen LogP contribution in [-0.4, -0.2) is 15.0 Å². The molecule has 2 aromatic carbocycles. The molecule has 2 N–H and O–H groups in total. The van der Waals surface area contributed by atoms with Crippen molar-refractivity contribution in [1.82, 2.24) is 15.0 Å². The molecule has 0 radical (unpaired) electrons. The van der Waals surface area contributed by atoms with Crippen molar-refractivity contribution < 1.29 is 0 Å². The van der Waals surface area contributed by atoms with Gasteiger partial charge in [0.1, 0.15) is 5.69 Å². The third-order valence-electron chi connectivity index (χ3n) is 3.93. The van der Waals surface area contributed by atoms with Gasteiger partial charge in [-0.1, -0.05) is 41.6 Å². The van der Waals surface area contributed by atoms with Crippen LogP contribution in [0, 0.1) is 0 Å². The predicted molar refractivity (Wildman–Crippen MR) is 78.7 cm³/mol. The van der Waals surface area contributed by atoms with Crippen LogP contribution < -0.4 is 5.73 Å². The van der Waals surface area contributed by atoms with Crippen LogP contribution in [0.4, 0.5) is 0 Å². The van der Waals surface area contributed by atoms with Gasteiger partial charge in [-0.3, -0.25) is 0 Å². The summed E-state index contributed by atoms with van der Waals surface area (Å²) < 4.78 is 1.99. The van der Waals surface area contributed by atoms with Gasteiger partial charge < -0.3 is 5.73 Å². The standard InChI is InChI=1S/C16H16N4/c17-10-14-16(12-8-9-12)20(19-18-14)15-7-3-5-11-4-1-2-6-13(11)15/h1-7,12H,8-10,17H2. The SMILES string of the molecule is NCc1nnn(-c2cccc3ccccc23)c1C1CC1. The lowest BCUT2D eigenvalue weighted by Crippen LogP contribution is -2.05. The van der Waals surface area contributed by atoms with Crippen LogP contribution in [0.1, 0.15) is 30.1 Å². The van der Waals surface area contributed by atoms with Crippen LogP contribution in [0.2, 0.25) is 0 Å². The summed E-state index contributed by atoms with van der Waals surface area (Å²) in [6.07, 6.45) is 2.43. The van der Waals surface area contributed by atoms with Gasteiger partial charge in [-0.2, -0.15) is 0 Å². The maximum atomic E-state index is 5.80. The second-order valence-electron chi connectivity index (χ2n) is 5.31. The molecule has 4 nitrogen and oxygen atoms in total. The number of fused-ring (bicyclic) bond motifs is 1. The number of nitrogens with zero attached hydrogens (tertiary/aromatic N) is 3. The summed E-state index contributed by atoms with van der Waals surface area (Å²) in [6.45, 7) is 0.455. The fraction of sp³-hybridized carbons (Fsp3) is 0.250. The highest BCUT2D eigenvalue weighted by atomic mass is 15.4. The number of hydrogen-bond acceptors (Lipinski definition) is 3. The molecule has 4 rings (SSSR count). The van der Waals surface area contributed by atoms with Gasteiger partial charge in [0.15, 0.2) is 0 Å². The average molecular weight is 264 g/mol. The van der Waals surface area contributed by atoms with Crippen molar-refractivity contribution in [3.05, 3.63) is 53.9 Å². The molecule has 20 heavy (non-hydrogen) atoms. The molecule has 0 saturated heterocycles. The average Bonchev–Trinajstić information content (AvgIpc) is 3.25. The summed E-state index contributed by atoms with van der Waals surface area (Å²) in [5.41, 5.74) is 9.03. The Bertz CT molecular complexity index is 766. The molecule has 100 valence electrons. The van der Waals surface area contributed by atoms with E-state index < -0.39 is 0 Å². The van der Waals surface area contributed by atoms with Gasteiger partial charge in [-0.15, -0.1) is 5.10 Å². The Morgan fingerprint density at radius 1 is 1.10 bits per heavy atom. The second-order valence-corrected chi connectivity index (χ2v) is 5.31. The Morgan fingerprint density at radius 3 is 2.70 bits per heavy atom. The van der Waals surface area contributed by atoms with E-state index in [1.54, 1.807) is 0 Å². The minimum absolute atomic E-state index is 0.455. The van der Waals surface area contributed by atoms with E-state index in [0.717, 1.165) is 11.4 Å². The first-order chi connectivity index (χ1) is 9.88. The fourth-order valence-electron chi connectivity index (χ4n) is 2.80. The quantitative estimate of drug-likeness (QED) is 0.791. The summed E-state index contributed by atoms with van der Waals surface area (Å²) in [6, 6.07) is 14.7. The van der Waals surface area contributed by atoms with Crippen LogP contribution in [0.3, 0.4) is 0 Å². The van der Waals surface area contributed by atoms with Crippen LogP contribution in [-0.2, 0) is 6.54 Å². The van der Waals surface area contributed by atoms with E-state index in [9.17, 15) is 0 Å². The smallest absolute Gasteiger partial charge is 0.100 e. The zero-order valence-corrected chi connectivity index (χ0v) is 11.2. The maximum absolute atomic E-state index is 5.80. The summed E-state index contributed by atoms with van der Waals surface area (Å²) >= 11 is 0. The number of aromatic nitrogens is 3. The molecule has 0 amide bonds. The topological polar surface area (TPSA) is 56.7 Å². The van der Waals surface area contributed by atoms with Crippen molar-refractivity contribution in [2.45, 2.75) is 25.3 Å². The lowest BCUT2D eigenvalue weighted by molar-refractivity contribution is 0.768. The monoisotopic (exact) mass is 264 g/mol. The number of hydrogen-bond donors (Lipinski definition) is 1. The Kier molecular flexibility index (Phi) is 2.57. The minimum atomic E-state index is 0.455. The zero-order chi connectivity index (χ0) is 13.5. The van der Waals surface area contributed by atoms with Gasteiger partial charge in [0.05, 0.1) is 11.4 Å². The lowest BCUT2D eigenvalue weighted by Gasteiger charge is -2.09. The van der Waals surface area contributed by atoms with Crippen molar-refractivity contribution >= 4 is 10.8 Å². The first kappa shape index (κ1) is 11.6. The predicted octanol–water partition coefficient (Wildman–Crippen LogP) is 2.76. The molecule has 4 heteroatoms. The van der Waals surface area contributed by atoms with Crippen LogP contribution >= 0.6 is 0 Å². The highest BCUT2D eigenvalue weighted by Gasteiger charge is 2.31. The molecule has 0 spiro atoms. The van der Waals surface area contributed by atoms with Gasteiger partial charge in [0.2, 0.25) is 0 Å². The Hall–Kier alpha value is -2.20. The van der Waals surface area contributed by atoms with Crippen molar-refractivity contribution in [3.8, 4) is 5.69 Å². The van der Waals surface area contributed by atoms with Crippen molar-refractivity contribution in [2.24, 2.45) is 5.73 Å². The Labute approximate surface area is 117 Å². The molecule has 1 aliphatic rings. The molecule has 1 fully saturated rings. The lowest BCUT2D eigenvalue weighted by atomic mass is 10.1. The van der Waals surface area contributed by atoms with Crippen LogP contribution in [0.5, 0.6) is 0 Å². The van der Waals surface area contributed by atoms with Crippen LogP contribution in [0.15, 0.2) is 42.5 Å². The summed E-state index contributed by atoms with van der Waals surface area (Å²) in [7, 11) is 0. The zero-order valence-electron chi connectivity index (χ0n) is 11.2. The van der Waals surface area contributed by atoms with E-state index in [1.165, 1.54) is 29.3 Å². The molecular formula is C16H16N4. The van der Waals surface area contributed by atoms with E-state index in [-0.39, 0.29) is 0 Å². The van der Waals surface area contributed by atoms with E-state index in [4.69, 9.17) is 5.73 Å². The van der Waals surface area contributed by atoms with Gasteiger partial charge in [0, 0.05) is 17.8 Å². The number of nitrogens with two attached hydrogens (primary N) is 1. The summed E-state index contributed by atoms with van der Waals surface area (Å²) in [4.78, 5) is 0. The van der Waals surface area contributed by atoms with Gasteiger partial charge in [0.25, 0.3) is 0 Å². The molecule has 1 aliphatic carbocycles. The molecule has 1 heterocycles. The molecule has 0 aliphatic heterocycles. The van der Waals surface area contributed by atoms with E-state index in [0.29, 0.717) is 12.5 Å². The molecule has 0 atom stereocenters. The number of rotatable bonds is 3. The second kappa shape index (κ2) is 4.42. The van der Waals surface area contributed by atoms with E-state index in [2.05, 4.69) is 52.8 Å². The van der Waals surface area contributed by atoms with Gasteiger partial charge in [-0.05, 0) is 24.3 Å². The first-order valence-electron chi connectivity index (χ1n) is 7.01. The van der Waals surface area contributed by atoms with Crippen molar-refractivity contribution in [1.29, 1.82) is 0 Å². The maximum Gasteiger partial charge on any atom is 0.100 e. The fourth-order valence-corrected chi connectivity index (χ4v) is 2.80. The first-order valence-corrected chi connectivity index (χ1v) is 7.01. The van der Waals surface area contributed by atoms with Crippen LogP contribution in [0.25, 0.3) is 16.5 Å². The Morgan fingerprint density at radius 2 is 1.90 bits per heavy atom. The third-order valence-corrected chi connectivity index (χ3v) is 3.93. The summed E-state index contributed by atoms with van der Waals surface area (Å²) in [5.74, 6) is 0.572. The minimum Gasteiger partial charge on any atom is -0.325 e. The normalized spacial score (nSPS) is 14.8. The molecule has 0 unspecified atom stereocenters. The molecule has 1 aromatic heterocycles. The summed E-state index contributed by atoms with van der Waals surface area (Å²) in [5, 5.41) is 11.0. The molecule has 1 saturated carbocycles. The highest BCUT2D eigenvalue weighted by Crippen LogP contribution is 2.42. The van der Waals surface area contributed by atoms with Gasteiger partial charge in [-0.25, -0.2) is 4.68 Å².